The fraction of sp³-hybridized carbons (Fsp3) is 0.286. The summed E-state index contributed by atoms with van der Waals surface area (Å²) < 4.78 is 14.5. The Kier molecular flexibility index (Phi) is 1.07. The maximum absolute atomic E-state index is 10.4. The van der Waals surface area contributed by atoms with E-state index in [4.69, 9.17) is 7.85 Å². The van der Waals surface area contributed by atoms with Crippen LogP contribution in [0.5, 0.6) is 0 Å². The number of carbonyl (C=O) groups is 1. The van der Waals surface area contributed by atoms with Gasteiger partial charge in [0.1, 0.15) is 0 Å². The van der Waals surface area contributed by atoms with Crippen LogP contribution in [0.25, 0.3) is 0 Å². The number of aliphatic carboxylic acids is 1. The zero-order valence-corrected chi connectivity index (χ0v) is 4.74. The van der Waals surface area contributed by atoms with E-state index >= 15 is 0 Å². The Morgan fingerprint density at radius 1 is 1.78 bits per heavy atom. The summed E-state index contributed by atoms with van der Waals surface area (Å²) in [5.74, 6) is -2.18. The van der Waals surface area contributed by atoms with Gasteiger partial charge >= 0.3 is 5.97 Å². The third-order valence-electron chi connectivity index (χ3n) is 1.05. The molecular formula is C7H8O2. The van der Waals surface area contributed by atoms with Crippen molar-refractivity contribution in [3.63, 3.8) is 0 Å². The summed E-state index contributed by atoms with van der Waals surface area (Å²) in [6.07, 6.45) is 3.91. The average molecular weight is 126 g/mol. The molecule has 0 aromatic carbocycles. The van der Waals surface area contributed by atoms with Gasteiger partial charge in [-0.25, -0.2) is 0 Å². The predicted molar refractivity (Wildman–Crippen MR) is 34.0 cm³/mol. The second-order valence-corrected chi connectivity index (χ2v) is 1.73. The van der Waals surface area contributed by atoms with Gasteiger partial charge in [-0.3, -0.25) is 4.79 Å². The lowest BCUT2D eigenvalue weighted by atomic mass is 10.0. The number of allylic oxidation sites excluding steroid dienone is 3. The minimum atomic E-state index is -1.75. The van der Waals surface area contributed by atoms with E-state index in [2.05, 4.69) is 0 Å². The normalized spacial score (nSPS) is 33.1. The number of hydrogen-bond donors (Lipinski definition) is 1. The van der Waals surface area contributed by atoms with Crippen LogP contribution < -0.4 is 0 Å². The Morgan fingerprint density at radius 3 is 3.00 bits per heavy atom. The predicted octanol–water partition coefficient (Wildman–Crippen LogP) is 1.20. The summed E-state index contributed by atoms with van der Waals surface area (Å²) in [7, 11) is 0. The van der Waals surface area contributed by atoms with Crippen molar-refractivity contribution in [2.75, 3.05) is 0 Å². The van der Waals surface area contributed by atoms with Crippen molar-refractivity contribution in [1.29, 1.82) is 0 Å². The largest absolute Gasteiger partial charge is 0.481 e. The molecule has 0 bridgehead atoms. The number of carboxylic acids is 1. The molecule has 48 valence electrons. The van der Waals surface area contributed by atoms with E-state index in [1.165, 1.54) is 18.2 Å². The van der Waals surface area contributed by atoms with Crippen molar-refractivity contribution in [2.45, 2.75) is 6.37 Å². The lowest BCUT2D eigenvalue weighted by molar-refractivity contribution is -0.139. The van der Waals surface area contributed by atoms with Gasteiger partial charge in [-0.15, -0.1) is 0 Å². The molecular weight excluding hydrogens is 116 g/mol. The molecule has 9 heavy (non-hydrogen) atoms. The van der Waals surface area contributed by atoms with Crippen molar-refractivity contribution in [3.8, 4) is 0 Å². The Bertz CT molecular complexity index is 231. The lowest BCUT2D eigenvalue weighted by Gasteiger charge is -2.04. The molecule has 0 fully saturated rings. The molecule has 0 aromatic heterocycles. The molecule has 1 atom stereocenters. The Morgan fingerprint density at radius 2 is 2.56 bits per heavy atom. The van der Waals surface area contributed by atoms with Gasteiger partial charge in [-0.05, 0) is 6.37 Å². The topological polar surface area (TPSA) is 37.3 Å². The second-order valence-electron chi connectivity index (χ2n) is 1.73. The van der Waals surface area contributed by atoms with Crippen LogP contribution in [-0.2, 0) is 4.79 Å². The van der Waals surface area contributed by atoms with Gasteiger partial charge in [-0.2, -0.15) is 0 Å². The van der Waals surface area contributed by atoms with Gasteiger partial charge in [0, 0.05) is 2.74 Å². The minimum absolute atomic E-state index is 1.05. The van der Waals surface area contributed by atoms with Crippen LogP contribution in [-0.4, -0.2) is 11.1 Å². The standard InChI is InChI=1S/C7H8O2/c8-7(9)6-4-2-1-3-5-6/h1-4,6H,5H2,(H,8,9)/i5D2. The van der Waals surface area contributed by atoms with Gasteiger partial charge in [0.05, 0.1) is 5.92 Å². The first-order valence-corrected chi connectivity index (χ1v) is 2.63. The fourth-order valence-corrected chi connectivity index (χ4v) is 0.599. The van der Waals surface area contributed by atoms with E-state index in [0.717, 1.165) is 0 Å². The van der Waals surface area contributed by atoms with Crippen molar-refractivity contribution < 1.29 is 12.6 Å². The van der Waals surface area contributed by atoms with E-state index in [1.807, 2.05) is 0 Å². The first-order valence-electron chi connectivity index (χ1n) is 3.63. The van der Waals surface area contributed by atoms with E-state index in [9.17, 15) is 4.79 Å². The molecule has 0 saturated carbocycles. The summed E-state index contributed by atoms with van der Waals surface area (Å²) >= 11 is 0. The van der Waals surface area contributed by atoms with Gasteiger partial charge in [-0.1, -0.05) is 24.3 Å². The molecule has 0 aromatic rings. The summed E-state index contributed by atoms with van der Waals surface area (Å²) in [6, 6.07) is 0. The Labute approximate surface area is 56.3 Å². The van der Waals surface area contributed by atoms with Gasteiger partial charge in [0.2, 0.25) is 0 Å². The molecule has 1 unspecified atom stereocenters. The molecule has 1 N–H and O–H groups in total. The molecule has 1 rings (SSSR count). The van der Waals surface area contributed by atoms with Crippen molar-refractivity contribution in [3.05, 3.63) is 24.3 Å². The first-order chi connectivity index (χ1) is 5.04. The highest BCUT2D eigenvalue weighted by molar-refractivity contribution is 5.72. The zero-order chi connectivity index (χ0) is 8.48. The zero-order valence-electron chi connectivity index (χ0n) is 6.74. The van der Waals surface area contributed by atoms with Gasteiger partial charge in [0.25, 0.3) is 0 Å². The first kappa shape index (κ1) is 3.88. The molecule has 2 heteroatoms. The van der Waals surface area contributed by atoms with E-state index < -0.39 is 18.3 Å². The smallest absolute Gasteiger partial charge is 0.310 e. The highest BCUT2D eigenvalue weighted by Crippen LogP contribution is 2.10. The molecule has 0 radical (unpaired) electrons. The highest BCUT2D eigenvalue weighted by atomic mass is 16.4. The molecule has 0 aliphatic heterocycles. The summed E-state index contributed by atoms with van der Waals surface area (Å²) in [5.41, 5.74) is 0. The molecule has 0 saturated heterocycles. The maximum atomic E-state index is 10.4. The molecule has 1 aliphatic rings. The molecule has 0 spiro atoms. The van der Waals surface area contributed by atoms with Crippen LogP contribution in [0.3, 0.4) is 0 Å². The van der Waals surface area contributed by atoms with Crippen LogP contribution in [0.2, 0.25) is 0 Å². The van der Waals surface area contributed by atoms with Crippen molar-refractivity contribution in [1.82, 2.24) is 0 Å². The fourth-order valence-electron chi connectivity index (χ4n) is 0.599. The maximum Gasteiger partial charge on any atom is 0.310 e. The van der Waals surface area contributed by atoms with E-state index in [0.29, 0.717) is 0 Å². The summed E-state index contributed by atoms with van der Waals surface area (Å²) in [5, 5.41) is 8.55. The monoisotopic (exact) mass is 126 g/mol. The molecule has 0 heterocycles. The van der Waals surface area contributed by atoms with Gasteiger partial charge < -0.3 is 5.11 Å². The Hall–Kier alpha value is -1.05. The summed E-state index contributed by atoms with van der Waals surface area (Å²) in [6.45, 7) is 0. The molecule has 2 nitrogen and oxygen atoms in total. The molecule has 1 aliphatic carbocycles. The van der Waals surface area contributed by atoms with Crippen LogP contribution in [0.15, 0.2) is 24.3 Å². The minimum Gasteiger partial charge on any atom is -0.481 e. The highest BCUT2D eigenvalue weighted by Gasteiger charge is 2.12. The van der Waals surface area contributed by atoms with Gasteiger partial charge in [0.15, 0.2) is 0 Å². The number of rotatable bonds is 1. The summed E-state index contributed by atoms with van der Waals surface area (Å²) in [4.78, 5) is 10.4. The third kappa shape index (κ3) is 1.42. The van der Waals surface area contributed by atoms with Crippen LogP contribution in [0, 0.1) is 5.92 Å². The van der Waals surface area contributed by atoms with Crippen molar-refractivity contribution in [2.24, 2.45) is 5.92 Å². The van der Waals surface area contributed by atoms with E-state index in [-0.39, 0.29) is 0 Å². The average Bonchev–Trinajstić information content (AvgIpc) is 1.85. The molecule has 0 amide bonds. The van der Waals surface area contributed by atoms with Crippen LogP contribution in [0.1, 0.15) is 9.11 Å². The van der Waals surface area contributed by atoms with Crippen LogP contribution in [0.4, 0.5) is 0 Å². The SMILES string of the molecule is [2H]C1([2H])C=CC=CC1C(=O)O. The van der Waals surface area contributed by atoms with E-state index in [1.54, 1.807) is 6.08 Å². The van der Waals surface area contributed by atoms with Crippen molar-refractivity contribution >= 4 is 5.97 Å². The lowest BCUT2D eigenvalue weighted by Crippen LogP contribution is -2.10. The quantitative estimate of drug-likeness (QED) is 0.573. The second kappa shape index (κ2) is 2.49. The third-order valence-corrected chi connectivity index (χ3v) is 1.05. The Balaban J connectivity index is 2.89. The number of carboxylic acid groups (broad SMARTS) is 1. The van der Waals surface area contributed by atoms with Crippen LogP contribution >= 0.6 is 0 Å². The number of hydrogen-bond acceptors (Lipinski definition) is 1.